The molecule has 0 bridgehead atoms. The summed E-state index contributed by atoms with van der Waals surface area (Å²) < 4.78 is 11.0. The molecule has 1 fully saturated rings. The smallest absolute Gasteiger partial charge is 0.161 e. The van der Waals surface area contributed by atoms with Crippen LogP contribution in [0.2, 0.25) is 0 Å². The van der Waals surface area contributed by atoms with E-state index in [-0.39, 0.29) is 0 Å². The minimum atomic E-state index is 0.360. The molecule has 0 saturated carbocycles. The monoisotopic (exact) mass is 497 g/mol. The van der Waals surface area contributed by atoms with Crippen molar-refractivity contribution in [3.05, 3.63) is 66.2 Å². The van der Waals surface area contributed by atoms with Gasteiger partial charge in [0.25, 0.3) is 0 Å². The van der Waals surface area contributed by atoms with Gasteiger partial charge in [-0.15, -0.1) is 0 Å². The van der Waals surface area contributed by atoms with Crippen molar-refractivity contribution in [3.8, 4) is 33.9 Å². The van der Waals surface area contributed by atoms with Gasteiger partial charge in [0, 0.05) is 54.4 Å². The molecule has 0 radical (unpaired) electrons. The Morgan fingerprint density at radius 2 is 1.35 bits per heavy atom. The van der Waals surface area contributed by atoms with Crippen LogP contribution < -0.4 is 14.4 Å². The molecule has 0 amide bonds. The number of H-pyrrole nitrogens is 1. The molecule has 3 aromatic carbocycles. The second-order valence-electron chi connectivity index (χ2n) is 10.6. The van der Waals surface area contributed by atoms with Crippen molar-refractivity contribution in [2.45, 2.75) is 39.7 Å². The highest BCUT2D eigenvalue weighted by Crippen LogP contribution is 2.40. The highest BCUT2D eigenvalue weighted by Gasteiger charge is 2.20. The molecule has 5 heteroatoms. The van der Waals surface area contributed by atoms with Crippen LogP contribution in [0, 0.1) is 0 Å². The van der Waals surface area contributed by atoms with Gasteiger partial charge in [-0.2, -0.15) is 0 Å². The number of methoxy groups -OCH3 is 2. The number of hydrogen-bond acceptors (Lipinski definition) is 4. The maximum atomic E-state index is 5.57. The predicted molar refractivity (Wildman–Crippen MR) is 155 cm³/mol. The second-order valence-corrected chi connectivity index (χ2v) is 10.6. The summed E-state index contributed by atoms with van der Waals surface area (Å²) in [7, 11) is 3.35. The number of rotatable bonds is 7. The lowest BCUT2D eigenvalue weighted by Gasteiger charge is -2.38. The number of aromatic amines is 1. The Morgan fingerprint density at radius 3 is 1.97 bits per heavy atom. The topological polar surface area (TPSA) is 40.7 Å². The molecule has 194 valence electrons. The van der Waals surface area contributed by atoms with Crippen LogP contribution in [-0.4, -0.2) is 56.3 Å². The summed E-state index contributed by atoms with van der Waals surface area (Å²) in [5.41, 5.74) is 8.51. The van der Waals surface area contributed by atoms with Gasteiger partial charge in [-0.1, -0.05) is 32.0 Å². The van der Waals surface area contributed by atoms with E-state index in [9.17, 15) is 0 Å². The maximum absolute atomic E-state index is 5.57. The van der Waals surface area contributed by atoms with E-state index in [1.165, 1.54) is 27.8 Å². The zero-order valence-electron chi connectivity index (χ0n) is 23.0. The molecular formula is C32H39N3O2. The van der Waals surface area contributed by atoms with Gasteiger partial charge in [-0.25, -0.2) is 0 Å². The van der Waals surface area contributed by atoms with E-state index >= 15 is 0 Å². The first-order valence-electron chi connectivity index (χ1n) is 13.4. The van der Waals surface area contributed by atoms with E-state index in [1.807, 2.05) is 6.07 Å². The molecule has 0 aliphatic carbocycles. The van der Waals surface area contributed by atoms with E-state index in [0.29, 0.717) is 12.0 Å². The van der Waals surface area contributed by atoms with Crippen LogP contribution in [-0.2, 0) is 0 Å². The van der Waals surface area contributed by atoms with E-state index in [1.54, 1.807) is 14.2 Å². The molecule has 1 N–H and O–H groups in total. The van der Waals surface area contributed by atoms with Gasteiger partial charge in [0.15, 0.2) is 11.5 Å². The van der Waals surface area contributed by atoms with Crippen LogP contribution in [0.1, 0.15) is 39.2 Å². The van der Waals surface area contributed by atoms with Crippen LogP contribution in [0.4, 0.5) is 5.69 Å². The molecule has 1 aliphatic rings. The van der Waals surface area contributed by atoms with Gasteiger partial charge in [0.2, 0.25) is 0 Å². The first kappa shape index (κ1) is 25.2. The number of aromatic nitrogens is 1. The number of nitrogens with zero attached hydrogens (tertiary/aromatic N) is 2. The zero-order chi connectivity index (χ0) is 26.1. The fraction of sp³-hybridized carbons (Fsp3) is 0.375. The standard InChI is InChI=1S/C32H39N3O2/c1-21(2)31-27-19-24(23-7-11-26(12-8-23)35-17-15-34(16-18-35)22(3)4)9-13-28(27)33-32(31)25-10-14-29(36-5)30(20-25)37-6/h7-14,19-22,33H,15-18H2,1-6H3. The summed E-state index contributed by atoms with van der Waals surface area (Å²) in [5.74, 6) is 1.83. The number of ether oxygens (including phenoxy) is 2. The van der Waals surface area contributed by atoms with E-state index in [4.69, 9.17) is 9.47 Å². The molecule has 1 saturated heterocycles. The molecule has 4 aromatic rings. The Balaban J connectivity index is 1.46. The first-order chi connectivity index (χ1) is 17.9. The van der Waals surface area contributed by atoms with Crippen LogP contribution in [0.15, 0.2) is 60.7 Å². The molecule has 0 atom stereocenters. The third-order valence-electron chi connectivity index (χ3n) is 7.70. The summed E-state index contributed by atoms with van der Waals surface area (Å²) in [5, 5.41) is 1.27. The lowest BCUT2D eigenvalue weighted by Crippen LogP contribution is -2.48. The molecule has 1 aliphatic heterocycles. The minimum absolute atomic E-state index is 0.360. The Labute approximate surface area is 221 Å². The van der Waals surface area contributed by atoms with Gasteiger partial charge in [-0.3, -0.25) is 4.90 Å². The van der Waals surface area contributed by atoms with Crippen molar-refractivity contribution in [2.24, 2.45) is 0 Å². The number of nitrogens with one attached hydrogen (secondary N) is 1. The van der Waals surface area contributed by atoms with Crippen molar-refractivity contribution in [1.29, 1.82) is 0 Å². The average Bonchev–Trinajstić information content (AvgIpc) is 3.32. The number of piperazine rings is 1. The Morgan fingerprint density at radius 1 is 0.703 bits per heavy atom. The molecule has 1 aromatic heterocycles. The normalized spacial score (nSPS) is 14.6. The van der Waals surface area contributed by atoms with Gasteiger partial charge in [-0.05, 0) is 78.9 Å². The first-order valence-corrected chi connectivity index (χ1v) is 13.4. The molecule has 0 spiro atoms. The summed E-state index contributed by atoms with van der Waals surface area (Å²) in [6.07, 6.45) is 0. The number of benzene rings is 3. The Kier molecular flexibility index (Phi) is 7.16. The van der Waals surface area contributed by atoms with Gasteiger partial charge in [0.05, 0.1) is 19.9 Å². The van der Waals surface area contributed by atoms with Crippen LogP contribution in [0.25, 0.3) is 33.3 Å². The second kappa shape index (κ2) is 10.5. The highest BCUT2D eigenvalue weighted by molar-refractivity contribution is 5.94. The van der Waals surface area contributed by atoms with E-state index in [0.717, 1.165) is 54.5 Å². The summed E-state index contributed by atoms with van der Waals surface area (Å²) in [4.78, 5) is 8.75. The number of fused-ring (bicyclic) bond motifs is 1. The van der Waals surface area contributed by atoms with E-state index < -0.39 is 0 Å². The minimum Gasteiger partial charge on any atom is -0.493 e. The van der Waals surface area contributed by atoms with Crippen molar-refractivity contribution in [1.82, 2.24) is 9.88 Å². The van der Waals surface area contributed by atoms with Crippen LogP contribution in [0.5, 0.6) is 11.5 Å². The Hall–Kier alpha value is -3.44. The summed E-state index contributed by atoms with van der Waals surface area (Å²) >= 11 is 0. The number of hydrogen-bond donors (Lipinski definition) is 1. The molecule has 0 unspecified atom stereocenters. The predicted octanol–water partition coefficient (Wildman–Crippen LogP) is 7.17. The molecule has 37 heavy (non-hydrogen) atoms. The van der Waals surface area contributed by atoms with Crippen molar-refractivity contribution in [2.75, 3.05) is 45.3 Å². The van der Waals surface area contributed by atoms with Crippen molar-refractivity contribution < 1.29 is 9.47 Å². The SMILES string of the molecule is COc1ccc(-c2[nH]c3ccc(-c4ccc(N5CCN(C(C)C)CC5)cc4)cc3c2C(C)C)cc1OC. The Bertz CT molecular complexity index is 1360. The average molecular weight is 498 g/mol. The lowest BCUT2D eigenvalue weighted by atomic mass is 9.94. The zero-order valence-corrected chi connectivity index (χ0v) is 23.0. The highest BCUT2D eigenvalue weighted by atomic mass is 16.5. The van der Waals surface area contributed by atoms with Gasteiger partial charge >= 0.3 is 0 Å². The molecule has 5 nitrogen and oxygen atoms in total. The molecular weight excluding hydrogens is 458 g/mol. The van der Waals surface area contributed by atoms with Crippen LogP contribution in [0.3, 0.4) is 0 Å². The summed E-state index contributed by atoms with van der Waals surface area (Å²) in [6.45, 7) is 13.5. The van der Waals surface area contributed by atoms with Gasteiger partial charge < -0.3 is 19.4 Å². The van der Waals surface area contributed by atoms with E-state index in [2.05, 4.69) is 97.1 Å². The quantitative estimate of drug-likeness (QED) is 0.294. The van der Waals surface area contributed by atoms with Crippen molar-refractivity contribution >= 4 is 16.6 Å². The lowest BCUT2D eigenvalue weighted by molar-refractivity contribution is 0.209. The molecule has 2 heterocycles. The van der Waals surface area contributed by atoms with Gasteiger partial charge in [0.1, 0.15) is 0 Å². The van der Waals surface area contributed by atoms with Crippen molar-refractivity contribution in [3.63, 3.8) is 0 Å². The third kappa shape index (κ3) is 4.93. The largest absolute Gasteiger partial charge is 0.493 e. The summed E-state index contributed by atoms with van der Waals surface area (Å²) in [6, 6.07) is 22.6. The van der Waals surface area contributed by atoms with Crippen LogP contribution >= 0.6 is 0 Å². The maximum Gasteiger partial charge on any atom is 0.161 e. The number of anilines is 1. The fourth-order valence-electron chi connectivity index (χ4n) is 5.57. The third-order valence-corrected chi connectivity index (χ3v) is 7.70. The fourth-order valence-corrected chi connectivity index (χ4v) is 5.57. The molecule has 5 rings (SSSR count).